The zero-order valence-electron chi connectivity index (χ0n) is 8.35. The van der Waals surface area contributed by atoms with Gasteiger partial charge in [-0.2, -0.15) is 0 Å². The molecule has 0 atom stereocenters. The second kappa shape index (κ2) is 5.81. The smallest absolute Gasteiger partial charge is 0.339 e. The highest BCUT2D eigenvalue weighted by Crippen LogP contribution is 2.21. The molecule has 0 aliphatic heterocycles. The van der Waals surface area contributed by atoms with Crippen molar-refractivity contribution in [1.82, 2.24) is 0 Å². The summed E-state index contributed by atoms with van der Waals surface area (Å²) in [6.07, 6.45) is 0. The normalized spacial score (nSPS) is 11.2. The van der Waals surface area contributed by atoms with Gasteiger partial charge in [0.15, 0.2) is 0 Å². The second-order valence-corrected chi connectivity index (χ2v) is 5.87. The van der Waals surface area contributed by atoms with Crippen LogP contribution >= 0.6 is 27.5 Å². The maximum absolute atomic E-state index is 11.4. The van der Waals surface area contributed by atoms with Gasteiger partial charge in [-0.1, -0.05) is 27.5 Å². The van der Waals surface area contributed by atoms with E-state index in [1.54, 1.807) is 6.07 Å². The van der Waals surface area contributed by atoms with E-state index < -0.39 is 28.4 Å². The van der Waals surface area contributed by atoms with E-state index in [9.17, 15) is 17.8 Å². The Morgan fingerprint density at radius 3 is 2.65 bits per heavy atom. The van der Waals surface area contributed by atoms with Crippen molar-refractivity contribution in [3.05, 3.63) is 33.3 Å². The third kappa shape index (κ3) is 5.03. The Hall–Kier alpha value is -0.630. The summed E-state index contributed by atoms with van der Waals surface area (Å²) in [5, 5.41) is 0.175. The van der Waals surface area contributed by atoms with Crippen LogP contribution in [0.15, 0.2) is 22.7 Å². The van der Waals surface area contributed by atoms with Gasteiger partial charge in [-0.25, -0.2) is 13.2 Å². The van der Waals surface area contributed by atoms with Gasteiger partial charge in [0.2, 0.25) is 0 Å². The van der Waals surface area contributed by atoms with Gasteiger partial charge >= 0.3 is 5.97 Å². The summed E-state index contributed by atoms with van der Waals surface area (Å²) in [6.45, 7) is -0.489. The summed E-state index contributed by atoms with van der Waals surface area (Å²) in [5.41, 5.74) is 0.109. The monoisotopic (exact) mass is 341 g/mol. The van der Waals surface area contributed by atoms with Gasteiger partial charge in [0.25, 0.3) is 0 Å². The number of rotatable bonds is 4. The fourth-order valence-electron chi connectivity index (χ4n) is 0.969. The van der Waals surface area contributed by atoms with Crippen LogP contribution in [-0.4, -0.2) is 31.3 Å². The first-order valence-corrected chi connectivity index (χ1v) is 7.10. The Balaban J connectivity index is 2.65. The summed E-state index contributed by atoms with van der Waals surface area (Å²) >= 11 is 8.95. The molecule has 0 unspecified atom stereocenters. The van der Waals surface area contributed by atoms with E-state index >= 15 is 0 Å². The van der Waals surface area contributed by atoms with Gasteiger partial charge in [0, 0.05) is 4.47 Å². The fraction of sp³-hybridized carbons (Fsp3) is 0.222. The quantitative estimate of drug-likeness (QED) is 0.615. The lowest BCUT2D eigenvalue weighted by molar-refractivity contribution is 0.0528. The fourth-order valence-corrected chi connectivity index (χ4v) is 2.01. The summed E-state index contributed by atoms with van der Waals surface area (Å²) in [6, 6.07) is 4.52. The predicted molar refractivity (Wildman–Crippen MR) is 64.0 cm³/mol. The maximum atomic E-state index is 11.4. The Labute approximate surface area is 112 Å². The number of carbonyl (C=O) groups is 1. The number of esters is 1. The van der Waals surface area contributed by atoms with Crippen molar-refractivity contribution in [2.24, 2.45) is 0 Å². The molecule has 0 N–H and O–H groups in total. The van der Waals surface area contributed by atoms with Gasteiger partial charge in [0.1, 0.15) is 6.61 Å². The average molecular weight is 343 g/mol. The minimum atomic E-state index is -4.39. The number of benzene rings is 1. The lowest BCUT2D eigenvalue weighted by atomic mass is 10.2. The minimum Gasteiger partial charge on any atom is -0.748 e. The Morgan fingerprint density at radius 1 is 1.47 bits per heavy atom. The van der Waals surface area contributed by atoms with E-state index in [0.29, 0.717) is 4.47 Å². The molecule has 17 heavy (non-hydrogen) atoms. The van der Waals surface area contributed by atoms with Gasteiger partial charge in [-0.3, -0.25) is 0 Å². The Kier molecular flexibility index (Phi) is 4.93. The molecule has 0 aliphatic rings. The molecule has 0 fully saturated rings. The van der Waals surface area contributed by atoms with Gasteiger partial charge in [0.05, 0.1) is 26.5 Å². The second-order valence-electron chi connectivity index (χ2n) is 3.02. The molecule has 5 nitrogen and oxygen atoms in total. The van der Waals surface area contributed by atoms with Crippen LogP contribution in [0.25, 0.3) is 0 Å². The van der Waals surface area contributed by atoms with Crippen molar-refractivity contribution in [2.45, 2.75) is 0 Å². The van der Waals surface area contributed by atoms with E-state index in [1.807, 2.05) is 0 Å². The van der Waals surface area contributed by atoms with Crippen LogP contribution in [0.5, 0.6) is 0 Å². The van der Waals surface area contributed by atoms with Crippen LogP contribution in [0, 0.1) is 0 Å². The van der Waals surface area contributed by atoms with Crippen molar-refractivity contribution >= 4 is 43.6 Å². The molecule has 0 aromatic heterocycles. The highest BCUT2D eigenvalue weighted by atomic mass is 79.9. The molecular weight excluding hydrogens is 336 g/mol. The van der Waals surface area contributed by atoms with Crippen LogP contribution in [0.4, 0.5) is 0 Å². The van der Waals surface area contributed by atoms with E-state index in [1.165, 1.54) is 12.1 Å². The first kappa shape index (κ1) is 14.4. The van der Waals surface area contributed by atoms with Crippen LogP contribution in [0.1, 0.15) is 10.4 Å². The molecular formula is C9H7BrClO5S-. The topological polar surface area (TPSA) is 83.5 Å². The number of ether oxygens (including phenoxy) is 1. The number of hydrogen-bond donors (Lipinski definition) is 0. The van der Waals surface area contributed by atoms with Crippen LogP contribution in [-0.2, 0) is 14.9 Å². The van der Waals surface area contributed by atoms with Gasteiger partial charge < -0.3 is 9.29 Å². The molecule has 1 rings (SSSR count). The first-order valence-electron chi connectivity index (χ1n) is 4.35. The molecule has 0 bridgehead atoms. The molecule has 1 aromatic rings. The molecule has 0 spiro atoms. The summed E-state index contributed by atoms with van der Waals surface area (Å²) < 4.78 is 36.1. The highest BCUT2D eigenvalue weighted by Gasteiger charge is 2.12. The van der Waals surface area contributed by atoms with Gasteiger partial charge in [-0.05, 0) is 18.2 Å². The summed E-state index contributed by atoms with van der Waals surface area (Å²) in [7, 11) is -4.39. The average Bonchev–Trinajstić information content (AvgIpc) is 2.15. The lowest BCUT2D eigenvalue weighted by Crippen LogP contribution is -2.15. The first-order chi connectivity index (χ1) is 7.79. The maximum Gasteiger partial charge on any atom is 0.339 e. The summed E-state index contributed by atoms with van der Waals surface area (Å²) in [4.78, 5) is 11.4. The largest absolute Gasteiger partial charge is 0.748 e. The van der Waals surface area contributed by atoms with Crippen molar-refractivity contribution in [3.63, 3.8) is 0 Å². The standard InChI is InChI=1S/C9H8BrClO5S/c10-6-1-2-7(8(11)5-6)9(12)16-3-4-17(13,14)15/h1-2,5H,3-4H2,(H,13,14,15)/p-1. The van der Waals surface area contributed by atoms with E-state index in [0.717, 1.165) is 0 Å². The van der Waals surface area contributed by atoms with Crippen molar-refractivity contribution < 1.29 is 22.5 Å². The van der Waals surface area contributed by atoms with E-state index in [2.05, 4.69) is 20.7 Å². The van der Waals surface area contributed by atoms with Crippen LogP contribution in [0.3, 0.4) is 0 Å². The van der Waals surface area contributed by atoms with Crippen molar-refractivity contribution in [3.8, 4) is 0 Å². The molecule has 0 amide bonds. The van der Waals surface area contributed by atoms with E-state index in [-0.39, 0.29) is 10.6 Å². The SMILES string of the molecule is O=C(OCCS(=O)(=O)[O-])c1ccc(Br)cc1Cl. The number of hydrogen-bond acceptors (Lipinski definition) is 5. The molecule has 94 valence electrons. The third-order valence-electron chi connectivity index (χ3n) is 1.72. The lowest BCUT2D eigenvalue weighted by Gasteiger charge is -2.08. The number of halogens is 2. The van der Waals surface area contributed by atoms with E-state index in [4.69, 9.17) is 11.6 Å². The molecule has 0 saturated heterocycles. The molecule has 8 heteroatoms. The molecule has 0 saturated carbocycles. The molecule has 0 aliphatic carbocycles. The Morgan fingerprint density at radius 2 is 2.12 bits per heavy atom. The molecule has 1 aromatic carbocycles. The third-order valence-corrected chi connectivity index (χ3v) is 3.19. The van der Waals surface area contributed by atoms with Crippen LogP contribution in [0.2, 0.25) is 5.02 Å². The predicted octanol–water partition coefficient (Wildman–Crippen LogP) is 1.80. The van der Waals surface area contributed by atoms with Gasteiger partial charge in [-0.15, -0.1) is 0 Å². The molecule has 0 radical (unpaired) electrons. The number of carbonyl (C=O) groups excluding carboxylic acids is 1. The van der Waals surface area contributed by atoms with Crippen molar-refractivity contribution in [2.75, 3.05) is 12.4 Å². The molecule has 0 heterocycles. The van der Waals surface area contributed by atoms with Crippen molar-refractivity contribution in [1.29, 1.82) is 0 Å². The van der Waals surface area contributed by atoms with Crippen LogP contribution < -0.4 is 0 Å². The highest BCUT2D eigenvalue weighted by molar-refractivity contribution is 9.10. The zero-order chi connectivity index (χ0) is 13.1. The Bertz CT molecular complexity index is 528. The minimum absolute atomic E-state index is 0.109. The summed E-state index contributed by atoms with van der Waals surface area (Å²) in [5.74, 6) is -1.53. The zero-order valence-corrected chi connectivity index (χ0v) is 11.5.